The van der Waals surface area contributed by atoms with Crippen molar-refractivity contribution in [3.8, 4) is 16.9 Å². The molecule has 0 unspecified atom stereocenters. The summed E-state index contributed by atoms with van der Waals surface area (Å²) in [4.78, 5) is 5.14. The van der Waals surface area contributed by atoms with E-state index in [9.17, 15) is 0 Å². The van der Waals surface area contributed by atoms with E-state index in [1.165, 1.54) is 28.0 Å². The summed E-state index contributed by atoms with van der Waals surface area (Å²) in [5.41, 5.74) is 4.52. The standard InChI is InChI=1S/C18H17ClN2OS/c1-12-8-16(20-10-14-11-21-18(19)23-14)17(22-2)9-15(12)13-6-4-3-5-7-13/h3-9,11,20H,10H2,1-2H3. The topological polar surface area (TPSA) is 34.1 Å². The minimum Gasteiger partial charge on any atom is -0.495 e. The minimum atomic E-state index is 0.560. The van der Waals surface area contributed by atoms with Crippen LogP contribution in [-0.4, -0.2) is 12.1 Å². The normalized spacial score (nSPS) is 10.6. The van der Waals surface area contributed by atoms with Crippen molar-refractivity contribution in [2.24, 2.45) is 0 Å². The van der Waals surface area contributed by atoms with Gasteiger partial charge in [-0.15, -0.1) is 11.3 Å². The second-order valence-electron chi connectivity index (χ2n) is 5.17. The van der Waals surface area contributed by atoms with Crippen LogP contribution in [0.2, 0.25) is 4.47 Å². The lowest BCUT2D eigenvalue weighted by Crippen LogP contribution is -2.01. The number of hydrogen-bond acceptors (Lipinski definition) is 4. The van der Waals surface area contributed by atoms with Gasteiger partial charge in [-0.05, 0) is 35.7 Å². The van der Waals surface area contributed by atoms with Crippen LogP contribution < -0.4 is 10.1 Å². The van der Waals surface area contributed by atoms with Gasteiger partial charge in [-0.3, -0.25) is 0 Å². The molecule has 0 fully saturated rings. The van der Waals surface area contributed by atoms with Gasteiger partial charge in [0.15, 0.2) is 4.47 Å². The number of halogens is 1. The van der Waals surface area contributed by atoms with Gasteiger partial charge in [0.25, 0.3) is 0 Å². The fraction of sp³-hybridized carbons (Fsp3) is 0.167. The van der Waals surface area contributed by atoms with Crippen LogP contribution in [0.1, 0.15) is 10.4 Å². The van der Waals surface area contributed by atoms with Gasteiger partial charge in [0.1, 0.15) is 5.75 Å². The number of methoxy groups -OCH3 is 1. The fourth-order valence-corrected chi connectivity index (χ4v) is 3.39. The van der Waals surface area contributed by atoms with Gasteiger partial charge in [0, 0.05) is 11.1 Å². The van der Waals surface area contributed by atoms with E-state index in [1.54, 1.807) is 13.3 Å². The SMILES string of the molecule is COc1cc(-c2ccccc2)c(C)cc1NCc1cnc(Cl)s1. The molecule has 0 amide bonds. The molecule has 3 aromatic rings. The highest BCUT2D eigenvalue weighted by Crippen LogP contribution is 2.34. The molecule has 0 bridgehead atoms. The van der Waals surface area contributed by atoms with Crippen molar-refractivity contribution in [2.75, 3.05) is 12.4 Å². The Morgan fingerprint density at radius 1 is 1.22 bits per heavy atom. The Morgan fingerprint density at radius 2 is 2.00 bits per heavy atom. The van der Waals surface area contributed by atoms with Crippen LogP contribution in [0.4, 0.5) is 5.69 Å². The summed E-state index contributed by atoms with van der Waals surface area (Å²) < 4.78 is 6.11. The van der Waals surface area contributed by atoms with Gasteiger partial charge in [0.05, 0.1) is 19.3 Å². The number of rotatable bonds is 5. The van der Waals surface area contributed by atoms with Crippen LogP contribution in [0.15, 0.2) is 48.7 Å². The molecule has 5 heteroatoms. The summed E-state index contributed by atoms with van der Waals surface area (Å²) in [6.07, 6.45) is 1.79. The first-order valence-corrected chi connectivity index (χ1v) is 8.45. The Kier molecular flexibility index (Phi) is 4.84. The Hall–Kier alpha value is -2.04. The van der Waals surface area contributed by atoms with Crippen LogP contribution in [0, 0.1) is 6.92 Å². The molecule has 1 N–H and O–H groups in total. The molecule has 23 heavy (non-hydrogen) atoms. The number of ether oxygens (including phenoxy) is 1. The number of aromatic nitrogens is 1. The predicted molar refractivity (Wildman–Crippen MR) is 97.6 cm³/mol. The molecule has 0 aliphatic rings. The van der Waals surface area contributed by atoms with Gasteiger partial charge in [0.2, 0.25) is 0 Å². The molecular weight excluding hydrogens is 328 g/mol. The molecule has 0 aliphatic heterocycles. The zero-order valence-corrected chi connectivity index (χ0v) is 14.5. The highest BCUT2D eigenvalue weighted by Gasteiger charge is 2.10. The van der Waals surface area contributed by atoms with Crippen LogP contribution >= 0.6 is 22.9 Å². The Morgan fingerprint density at radius 3 is 2.65 bits per heavy atom. The van der Waals surface area contributed by atoms with Gasteiger partial charge >= 0.3 is 0 Å². The average molecular weight is 345 g/mol. The summed E-state index contributed by atoms with van der Waals surface area (Å²) in [6, 6.07) is 14.5. The maximum Gasteiger partial charge on any atom is 0.183 e. The smallest absolute Gasteiger partial charge is 0.183 e. The van der Waals surface area contributed by atoms with E-state index < -0.39 is 0 Å². The Labute approximate surface area is 144 Å². The van der Waals surface area contributed by atoms with E-state index in [1.807, 2.05) is 18.2 Å². The van der Waals surface area contributed by atoms with Gasteiger partial charge in [-0.2, -0.15) is 0 Å². The van der Waals surface area contributed by atoms with Crippen molar-refractivity contribution >= 4 is 28.6 Å². The molecule has 0 radical (unpaired) electrons. The van der Waals surface area contributed by atoms with Gasteiger partial charge < -0.3 is 10.1 Å². The van der Waals surface area contributed by atoms with E-state index in [4.69, 9.17) is 16.3 Å². The third-order valence-corrected chi connectivity index (χ3v) is 4.72. The van der Waals surface area contributed by atoms with Crippen LogP contribution in [-0.2, 0) is 6.54 Å². The quantitative estimate of drug-likeness (QED) is 0.673. The number of thiazole rings is 1. The third kappa shape index (κ3) is 3.66. The summed E-state index contributed by atoms with van der Waals surface area (Å²) >= 11 is 7.35. The highest BCUT2D eigenvalue weighted by atomic mass is 35.5. The zero-order valence-electron chi connectivity index (χ0n) is 13.0. The van der Waals surface area contributed by atoms with E-state index in [0.29, 0.717) is 11.0 Å². The molecule has 2 aromatic carbocycles. The molecular formula is C18H17ClN2OS. The molecule has 1 heterocycles. The summed E-state index contributed by atoms with van der Waals surface area (Å²) in [6.45, 7) is 2.78. The van der Waals surface area contributed by atoms with E-state index in [2.05, 4.69) is 41.5 Å². The van der Waals surface area contributed by atoms with Crippen molar-refractivity contribution in [2.45, 2.75) is 13.5 Å². The molecule has 0 saturated heterocycles. The number of hydrogen-bond donors (Lipinski definition) is 1. The second kappa shape index (κ2) is 7.02. The molecule has 0 spiro atoms. The predicted octanol–water partition coefficient (Wildman–Crippen LogP) is 5.39. The number of nitrogens with zero attached hydrogens (tertiary/aromatic N) is 1. The maximum atomic E-state index is 5.87. The van der Waals surface area contributed by atoms with Crippen molar-refractivity contribution in [1.82, 2.24) is 4.98 Å². The van der Waals surface area contributed by atoms with Crippen molar-refractivity contribution in [3.63, 3.8) is 0 Å². The first kappa shape index (κ1) is 15.8. The molecule has 0 saturated carbocycles. The molecule has 3 rings (SSSR count). The minimum absolute atomic E-state index is 0.560. The monoisotopic (exact) mass is 344 g/mol. The maximum absolute atomic E-state index is 5.87. The Balaban J connectivity index is 1.88. The van der Waals surface area contributed by atoms with Crippen molar-refractivity contribution in [1.29, 1.82) is 0 Å². The van der Waals surface area contributed by atoms with Crippen LogP contribution in [0.3, 0.4) is 0 Å². The summed E-state index contributed by atoms with van der Waals surface area (Å²) in [5, 5.41) is 3.40. The van der Waals surface area contributed by atoms with Crippen molar-refractivity contribution in [3.05, 3.63) is 63.6 Å². The number of benzene rings is 2. The average Bonchev–Trinajstić information content (AvgIpc) is 2.99. The molecule has 3 nitrogen and oxygen atoms in total. The van der Waals surface area contributed by atoms with E-state index >= 15 is 0 Å². The lowest BCUT2D eigenvalue weighted by molar-refractivity contribution is 0.416. The Bertz CT molecular complexity index is 802. The summed E-state index contributed by atoms with van der Waals surface area (Å²) in [7, 11) is 1.69. The largest absolute Gasteiger partial charge is 0.495 e. The molecule has 1 aromatic heterocycles. The zero-order chi connectivity index (χ0) is 16.2. The lowest BCUT2D eigenvalue weighted by Gasteiger charge is -2.15. The van der Waals surface area contributed by atoms with E-state index in [0.717, 1.165) is 16.3 Å². The van der Waals surface area contributed by atoms with Crippen LogP contribution in [0.25, 0.3) is 11.1 Å². The molecule has 118 valence electrons. The van der Waals surface area contributed by atoms with Gasteiger partial charge in [-0.1, -0.05) is 41.9 Å². The van der Waals surface area contributed by atoms with Gasteiger partial charge in [-0.25, -0.2) is 4.98 Å². The number of aryl methyl sites for hydroxylation is 1. The second-order valence-corrected chi connectivity index (χ2v) is 6.86. The van der Waals surface area contributed by atoms with E-state index in [-0.39, 0.29) is 0 Å². The molecule has 0 atom stereocenters. The first-order valence-electron chi connectivity index (χ1n) is 7.25. The highest BCUT2D eigenvalue weighted by molar-refractivity contribution is 7.15. The molecule has 0 aliphatic carbocycles. The summed E-state index contributed by atoms with van der Waals surface area (Å²) in [5.74, 6) is 0.824. The van der Waals surface area contributed by atoms with Crippen molar-refractivity contribution < 1.29 is 4.74 Å². The third-order valence-electron chi connectivity index (χ3n) is 3.61. The first-order chi connectivity index (χ1) is 11.2. The lowest BCUT2D eigenvalue weighted by atomic mass is 9.99. The van der Waals surface area contributed by atoms with Crippen LogP contribution in [0.5, 0.6) is 5.75 Å². The number of anilines is 1. The number of nitrogens with one attached hydrogen (secondary N) is 1. The fourth-order valence-electron chi connectivity index (χ4n) is 2.47.